The summed E-state index contributed by atoms with van der Waals surface area (Å²) < 4.78 is 0.871. The Morgan fingerprint density at radius 1 is 1.11 bits per heavy atom. The van der Waals surface area contributed by atoms with Crippen LogP contribution in [0.1, 0.15) is 28.8 Å². The number of piperidine rings is 1. The molecule has 1 saturated heterocycles. The zero-order chi connectivity index (χ0) is 19.5. The summed E-state index contributed by atoms with van der Waals surface area (Å²) in [6.07, 6.45) is 1.81. The van der Waals surface area contributed by atoms with E-state index in [0.717, 1.165) is 42.3 Å². The van der Waals surface area contributed by atoms with Crippen LogP contribution in [0.15, 0.2) is 63.9 Å². The number of aromatic nitrogens is 1. The number of carbonyl (C=O) groups excluding carboxylic acids is 1. The number of likely N-dealkylation sites (tertiary alicyclic amines) is 1. The summed E-state index contributed by atoms with van der Waals surface area (Å²) in [5, 5.41) is 3.87. The first-order valence-electron chi connectivity index (χ1n) is 9.48. The predicted octanol–water partition coefficient (Wildman–Crippen LogP) is 3.69. The smallest absolute Gasteiger partial charge is 0.252 e. The number of H-pyrrole nitrogens is 1. The van der Waals surface area contributed by atoms with E-state index in [-0.39, 0.29) is 17.5 Å². The number of aromatic amines is 1. The van der Waals surface area contributed by atoms with E-state index in [1.807, 2.05) is 18.2 Å². The molecule has 0 radical (unpaired) electrons. The fourth-order valence-corrected chi connectivity index (χ4v) is 4.12. The van der Waals surface area contributed by atoms with E-state index in [1.54, 1.807) is 6.07 Å². The Kier molecular flexibility index (Phi) is 5.59. The second kappa shape index (κ2) is 8.29. The molecule has 0 aliphatic carbocycles. The molecule has 2 heterocycles. The Hall–Kier alpha value is -2.44. The molecule has 0 unspecified atom stereocenters. The van der Waals surface area contributed by atoms with Crippen molar-refractivity contribution in [1.29, 1.82) is 0 Å². The highest BCUT2D eigenvalue weighted by atomic mass is 79.9. The van der Waals surface area contributed by atoms with Crippen molar-refractivity contribution in [3.63, 3.8) is 0 Å². The van der Waals surface area contributed by atoms with Gasteiger partial charge in [0.2, 0.25) is 5.56 Å². The third-order valence-corrected chi connectivity index (χ3v) is 5.71. The van der Waals surface area contributed by atoms with E-state index < -0.39 is 0 Å². The van der Waals surface area contributed by atoms with Crippen LogP contribution in [-0.2, 0) is 6.54 Å². The van der Waals surface area contributed by atoms with Gasteiger partial charge in [0.1, 0.15) is 0 Å². The second-order valence-corrected chi connectivity index (χ2v) is 8.16. The van der Waals surface area contributed by atoms with E-state index in [1.165, 1.54) is 11.6 Å². The number of fused-ring (bicyclic) bond motifs is 1. The lowest BCUT2D eigenvalue weighted by atomic mass is 10.0. The molecule has 2 aromatic carbocycles. The van der Waals surface area contributed by atoms with Crippen LogP contribution in [0.5, 0.6) is 0 Å². The van der Waals surface area contributed by atoms with Crippen LogP contribution >= 0.6 is 15.9 Å². The number of pyridine rings is 1. The molecule has 0 bridgehead atoms. The standard InChI is InChI=1S/C22H22BrN3O2/c23-16-6-7-20-18(12-16)19(13-21(27)25-20)22(28)24-17-8-10-26(11-9-17)14-15-4-2-1-3-5-15/h1-7,12-13,17H,8-11,14H2,(H,24,28)(H,25,27). The number of halogens is 1. The van der Waals surface area contributed by atoms with Gasteiger partial charge in [-0.15, -0.1) is 0 Å². The summed E-state index contributed by atoms with van der Waals surface area (Å²) in [7, 11) is 0. The minimum atomic E-state index is -0.266. The van der Waals surface area contributed by atoms with Crippen LogP contribution < -0.4 is 10.9 Å². The second-order valence-electron chi connectivity index (χ2n) is 7.25. The van der Waals surface area contributed by atoms with Gasteiger partial charge in [-0.1, -0.05) is 46.3 Å². The molecule has 144 valence electrons. The minimum absolute atomic E-state index is 0.126. The third kappa shape index (κ3) is 4.34. The number of hydrogen-bond acceptors (Lipinski definition) is 3. The van der Waals surface area contributed by atoms with Gasteiger partial charge in [0, 0.05) is 47.1 Å². The number of nitrogens with one attached hydrogen (secondary N) is 2. The van der Waals surface area contributed by atoms with Gasteiger partial charge in [-0.2, -0.15) is 0 Å². The van der Waals surface area contributed by atoms with Crippen LogP contribution in [0, 0.1) is 0 Å². The molecule has 1 amide bonds. The molecule has 1 aliphatic heterocycles. The lowest BCUT2D eigenvalue weighted by Crippen LogP contribution is -2.44. The van der Waals surface area contributed by atoms with E-state index in [0.29, 0.717) is 11.1 Å². The molecule has 0 spiro atoms. The van der Waals surface area contributed by atoms with Gasteiger partial charge < -0.3 is 10.3 Å². The molecule has 1 aromatic heterocycles. The molecule has 1 aliphatic rings. The maximum atomic E-state index is 12.9. The molecule has 28 heavy (non-hydrogen) atoms. The van der Waals surface area contributed by atoms with Crippen molar-refractivity contribution in [2.24, 2.45) is 0 Å². The molecule has 2 N–H and O–H groups in total. The van der Waals surface area contributed by atoms with Crippen molar-refractivity contribution in [1.82, 2.24) is 15.2 Å². The molecule has 3 aromatic rings. The first-order chi connectivity index (χ1) is 13.6. The summed E-state index contributed by atoms with van der Waals surface area (Å²) in [4.78, 5) is 30.0. The summed E-state index contributed by atoms with van der Waals surface area (Å²) in [5.74, 6) is -0.185. The lowest BCUT2D eigenvalue weighted by Gasteiger charge is -2.32. The molecule has 0 saturated carbocycles. The molecule has 5 nitrogen and oxygen atoms in total. The van der Waals surface area contributed by atoms with Gasteiger partial charge in [-0.05, 0) is 36.6 Å². The minimum Gasteiger partial charge on any atom is -0.349 e. The van der Waals surface area contributed by atoms with Crippen molar-refractivity contribution >= 4 is 32.7 Å². The average Bonchev–Trinajstić information content (AvgIpc) is 2.70. The van der Waals surface area contributed by atoms with E-state index >= 15 is 0 Å². The number of amides is 1. The zero-order valence-electron chi connectivity index (χ0n) is 15.5. The maximum Gasteiger partial charge on any atom is 0.252 e. The van der Waals surface area contributed by atoms with Crippen molar-refractivity contribution < 1.29 is 4.79 Å². The monoisotopic (exact) mass is 439 g/mol. The Balaban J connectivity index is 1.42. The fourth-order valence-electron chi connectivity index (χ4n) is 3.75. The molecular formula is C22H22BrN3O2. The van der Waals surface area contributed by atoms with Crippen LogP contribution in [0.2, 0.25) is 0 Å². The predicted molar refractivity (Wildman–Crippen MR) is 114 cm³/mol. The zero-order valence-corrected chi connectivity index (χ0v) is 17.0. The summed E-state index contributed by atoms with van der Waals surface area (Å²) in [5.41, 5.74) is 2.13. The SMILES string of the molecule is O=C(NC1CCN(Cc2ccccc2)CC1)c1cc(=O)[nH]c2ccc(Br)cc12. The van der Waals surface area contributed by atoms with Gasteiger partial charge in [-0.3, -0.25) is 14.5 Å². The van der Waals surface area contributed by atoms with Gasteiger partial charge in [0.15, 0.2) is 0 Å². The van der Waals surface area contributed by atoms with Crippen LogP contribution in [0.4, 0.5) is 0 Å². The lowest BCUT2D eigenvalue weighted by molar-refractivity contribution is 0.0910. The van der Waals surface area contributed by atoms with E-state index in [4.69, 9.17) is 0 Å². The Labute approximate surface area is 171 Å². The summed E-state index contributed by atoms with van der Waals surface area (Å²) in [6.45, 7) is 2.83. The van der Waals surface area contributed by atoms with Gasteiger partial charge in [-0.25, -0.2) is 0 Å². The fraction of sp³-hybridized carbons (Fsp3) is 0.273. The largest absolute Gasteiger partial charge is 0.349 e. The highest BCUT2D eigenvalue weighted by molar-refractivity contribution is 9.10. The Bertz CT molecular complexity index is 1040. The van der Waals surface area contributed by atoms with Gasteiger partial charge >= 0.3 is 0 Å². The summed E-state index contributed by atoms with van der Waals surface area (Å²) in [6, 6.07) is 17.5. The van der Waals surface area contributed by atoms with Gasteiger partial charge in [0.05, 0.1) is 5.56 Å². The van der Waals surface area contributed by atoms with Gasteiger partial charge in [0.25, 0.3) is 5.91 Å². The van der Waals surface area contributed by atoms with Crippen molar-refractivity contribution in [3.05, 3.63) is 80.6 Å². The molecule has 1 fully saturated rings. The maximum absolute atomic E-state index is 12.9. The molecule has 4 rings (SSSR count). The highest BCUT2D eigenvalue weighted by Gasteiger charge is 2.22. The highest BCUT2D eigenvalue weighted by Crippen LogP contribution is 2.21. The van der Waals surface area contributed by atoms with Crippen LogP contribution in [0.3, 0.4) is 0 Å². The Morgan fingerprint density at radius 3 is 2.61 bits per heavy atom. The first kappa shape index (κ1) is 18.9. The number of carbonyl (C=O) groups is 1. The first-order valence-corrected chi connectivity index (χ1v) is 10.3. The number of hydrogen-bond donors (Lipinski definition) is 2. The van der Waals surface area contributed by atoms with Crippen molar-refractivity contribution in [2.75, 3.05) is 13.1 Å². The number of rotatable bonds is 4. The summed E-state index contributed by atoms with van der Waals surface area (Å²) >= 11 is 3.44. The van der Waals surface area contributed by atoms with Crippen LogP contribution in [0.25, 0.3) is 10.9 Å². The van der Waals surface area contributed by atoms with Crippen molar-refractivity contribution in [3.8, 4) is 0 Å². The number of nitrogens with zero attached hydrogens (tertiary/aromatic N) is 1. The van der Waals surface area contributed by atoms with E-state index in [9.17, 15) is 9.59 Å². The van der Waals surface area contributed by atoms with Crippen LogP contribution in [-0.4, -0.2) is 34.9 Å². The molecule has 0 atom stereocenters. The van der Waals surface area contributed by atoms with E-state index in [2.05, 4.69) is 55.4 Å². The quantitative estimate of drug-likeness (QED) is 0.651. The topological polar surface area (TPSA) is 65.2 Å². The van der Waals surface area contributed by atoms with Crippen molar-refractivity contribution in [2.45, 2.75) is 25.4 Å². The molecular weight excluding hydrogens is 418 g/mol. The third-order valence-electron chi connectivity index (χ3n) is 5.22. The Morgan fingerprint density at radius 2 is 1.86 bits per heavy atom. The number of benzene rings is 2. The average molecular weight is 440 g/mol. The normalized spacial score (nSPS) is 15.6. The molecule has 6 heteroatoms.